The average molecular weight is 318 g/mol. The molecule has 6 heteroatoms. The molecule has 0 saturated carbocycles. The molecule has 0 bridgehead atoms. The SMILES string of the molecule is Nc1ccc(OBOc2cccc3c2Nc2ccccc2O3)cc1. The van der Waals surface area contributed by atoms with Crippen LogP contribution in [0.1, 0.15) is 0 Å². The molecular weight excluding hydrogens is 303 g/mol. The van der Waals surface area contributed by atoms with Gasteiger partial charge < -0.3 is 25.1 Å². The summed E-state index contributed by atoms with van der Waals surface area (Å²) in [5, 5.41) is 3.34. The van der Waals surface area contributed by atoms with Crippen molar-refractivity contribution in [3.63, 3.8) is 0 Å². The molecule has 0 spiro atoms. The highest BCUT2D eigenvalue weighted by Crippen LogP contribution is 2.45. The first-order valence-electron chi connectivity index (χ1n) is 7.58. The number of anilines is 3. The first kappa shape index (κ1) is 14.3. The number of hydrogen-bond donors (Lipinski definition) is 2. The molecule has 0 amide bonds. The van der Waals surface area contributed by atoms with E-state index in [9.17, 15) is 0 Å². The molecule has 0 aliphatic carbocycles. The number of nitrogens with one attached hydrogen (secondary N) is 1. The van der Waals surface area contributed by atoms with Crippen molar-refractivity contribution in [2.75, 3.05) is 11.1 Å². The summed E-state index contributed by atoms with van der Waals surface area (Å²) in [6, 6.07) is 20.6. The van der Waals surface area contributed by atoms with Gasteiger partial charge >= 0.3 is 7.69 Å². The topological polar surface area (TPSA) is 65.7 Å². The van der Waals surface area contributed by atoms with E-state index in [0.29, 0.717) is 17.2 Å². The van der Waals surface area contributed by atoms with Crippen LogP contribution in [0.2, 0.25) is 0 Å². The minimum absolute atomic E-state index is 0.0870. The highest BCUT2D eigenvalue weighted by molar-refractivity contribution is 6.21. The fraction of sp³-hybridized carbons (Fsp3) is 0. The van der Waals surface area contributed by atoms with Crippen molar-refractivity contribution in [3.8, 4) is 23.0 Å². The molecule has 3 aromatic rings. The van der Waals surface area contributed by atoms with E-state index in [0.717, 1.165) is 22.9 Å². The predicted molar refractivity (Wildman–Crippen MR) is 95.5 cm³/mol. The fourth-order valence-electron chi connectivity index (χ4n) is 2.48. The number of benzene rings is 3. The second-order valence-electron chi connectivity index (χ2n) is 5.33. The van der Waals surface area contributed by atoms with Crippen molar-refractivity contribution in [3.05, 3.63) is 66.7 Å². The number of fused-ring (bicyclic) bond motifs is 2. The van der Waals surface area contributed by atoms with Crippen LogP contribution < -0.4 is 25.1 Å². The van der Waals surface area contributed by atoms with Gasteiger partial charge in [-0.25, -0.2) is 0 Å². The molecule has 24 heavy (non-hydrogen) atoms. The summed E-state index contributed by atoms with van der Waals surface area (Å²) in [6.45, 7) is 0. The Bertz CT molecular complexity index is 868. The first-order chi connectivity index (χ1) is 11.8. The van der Waals surface area contributed by atoms with Crippen molar-refractivity contribution in [1.82, 2.24) is 0 Å². The average Bonchev–Trinajstić information content (AvgIpc) is 2.62. The lowest BCUT2D eigenvalue weighted by atomic mass is 10.2. The van der Waals surface area contributed by atoms with E-state index in [1.165, 1.54) is 0 Å². The summed E-state index contributed by atoms with van der Waals surface area (Å²) in [6.07, 6.45) is 0. The van der Waals surface area contributed by atoms with E-state index in [4.69, 9.17) is 19.8 Å². The van der Waals surface area contributed by atoms with Crippen LogP contribution in [0, 0.1) is 0 Å². The largest absolute Gasteiger partial charge is 0.576 e. The molecule has 0 saturated heterocycles. The maximum absolute atomic E-state index is 5.90. The second kappa shape index (κ2) is 6.08. The molecule has 0 radical (unpaired) electrons. The van der Waals surface area contributed by atoms with Crippen LogP contribution in [0.3, 0.4) is 0 Å². The maximum atomic E-state index is 5.90. The molecule has 4 rings (SSSR count). The Morgan fingerprint density at radius 3 is 2.50 bits per heavy atom. The predicted octanol–water partition coefficient (Wildman–Crippen LogP) is 3.84. The molecular formula is C18H15BN2O3. The maximum Gasteiger partial charge on any atom is 0.576 e. The van der Waals surface area contributed by atoms with Gasteiger partial charge in [0.25, 0.3) is 0 Å². The molecule has 118 valence electrons. The van der Waals surface area contributed by atoms with E-state index in [1.807, 2.05) is 42.5 Å². The van der Waals surface area contributed by atoms with Crippen LogP contribution in [0.5, 0.6) is 23.0 Å². The van der Waals surface area contributed by atoms with Crippen molar-refractivity contribution in [2.24, 2.45) is 0 Å². The van der Waals surface area contributed by atoms with Gasteiger partial charge in [-0.15, -0.1) is 0 Å². The van der Waals surface area contributed by atoms with Crippen LogP contribution in [-0.4, -0.2) is 7.69 Å². The normalized spacial score (nSPS) is 11.3. The zero-order chi connectivity index (χ0) is 16.4. The Morgan fingerprint density at radius 1 is 0.833 bits per heavy atom. The molecule has 0 aromatic heterocycles. The van der Waals surface area contributed by atoms with E-state index in [-0.39, 0.29) is 7.69 Å². The molecule has 1 aliphatic heterocycles. The van der Waals surface area contributed by atoms with Gasteiger partial charge in [0.05, 0.1) is 5.69 Å². The number of nitrogen functional groups attached to an aromatic ring is 1. The van der Waals surface area contributed by atoms with Gasteiger partial charge in [-0.05, 0) is 48.5 Å². The second-order valence-corrected chi connectivity index (χ2v) is 5.33. The van der Waals surface area contributed by atoms with E-state index in [2.05, 4.69) is 5.32 Å². The summed E-state index contributed by atoms with van der Waals surface area (Å²) in [4.78, 5) is 0. The molecule has 1 aliphatic rings. The fourth-order valence-corrected chi connectivity index (χ4v) is 2.48. The van der Waals surface area contributed by atoms with Crippen molar-refractivity contribution in [1.29, 1.82) is 0 Å². The Kier molecular flexibility index (Phi) is 3.63. The summed E-state index contributed by atoms with van der Waals surface area (Å²) < 4.78 is 17.2. The molecule has 0 atom stereocenters. The van der Waals surface area contributed by atoms with Crippen LogP contribution in [0.4, 0.5) is 17.1 Å². The van der Waals surface area contributed by atoms with Crippen molar-refractivity contribution in [2.45, 2.75) is 0 Å². The number of hydrogen-bond acceptors (Lipinski definition) is 5. The monoisotopic (exact) mass is 318 g/mol. The molecule has 3 aromatic carbocycles. The molecule has 0 unspecified atom stereocenters. The van der Waals surface area contributed by atoms with Crippen LogP contribution >= 0.6 is 0 Å². The van der Waals surface area contributed by atoms with Gasteiger partial charge in [-0.2, -0.15) is 0 Å². The van der Waals surface area contributed by atoms with E-state index >= 15 is 0 Å². The molecule has 0 fully saturated rings. The van der Waals surface area contributed by atoms with Gasteiger partial charge in [0, 0.05) is 5.69 Å². The van der Waals surface area contributed by atoms with Gasteiger partial charge in [-0.3, -0.25) is 0 Å². The highest BCUT2D eigenvalue weighted by atomic mass is 16.6. The smallest absolute Gasteiger partial charge is 0.529 e. The third-order valence-corrected chi connectivity index (χ3v) is 3.67. The number of para-hydroxylation sites is 3. The Hall–Kier alpha value is -3.28. The molecule has 3 N–H and O–H groups in total. The zero-order valence-corrected chi connectivity index (χ0v) is 12.9. The zero-order valence-electron chi connectivity index (χ0n) is 12.9. The highest BCUT2D eigenvalue weighted by Gasteiger charge is 2.19. The summed E-state index contributed by atoms with van der Waals surface area (Å²) in [5.74, 6) is 2.87. The number of ether oxygens (including phenoxy) is 1. The molecule has 5 nitrogen and oxygen atoms in total. The van der Waals surface area contributed by atoms with Crippen molar-refractivity contribution >= 4 is 24.7 Å². The van der Waals surface area contributed by atoms with E-state index in [1.54, 1.807) is 24.3 Å². The van der Waals surface area contributed by atoms with Gasteiger partial charge in [-0.1, -0.05) is 18.2 Å². The van der Waals surface area contributed by atoms with Gasteiger partial charge in [0.1, 0.15) is 17.2 Å². The third kappa shape index (κ3) is 2.81. The lowest BCUT2D eigenvalue weighted by molar-refractivity contribution is 0.451. The Labute approximate surface area is 140 Å². The Balaban J connectivity index is 1.48. The van der Waals surface area contributed by atoms with Crippen LogP contribution in [-0.2, 0) is 0 Å². The van der Waals surface area contributed by atoms with E-state index < -0.39 is 0 Å². The minimum atomic E-state index is 0.0870. The van der Waals surface area contributed by atoms with Gasteiger partial charge in [0.2, 0.25) is 0 Å². The quantitative estimate of drug-likeness (QED) is 0.442. The van der Waals surface area contributed by atoms with Gasteiger partial charge in [0.15, 0.2) is 11.5 Å². The van der Waals surface area contributed by atoms with Crippen molar-refractivity contribution < 1.29 is 14.0 Å². The number of nitrogens with two attached hydrogens (primary N) is 1. The third-order valence-electron chi connectivity index (χ3n) is 3.67. The Morgan fingerprint density at radius 2 is 1.62 bits per heavy atom. The summed E-state index contributed by atoms with van der Waals surface area (Å²) in [5.41, 5.74) is 8.04. The van der Waals surface area contributed by atoms with Crippen LogP contribution in [0.25, 0.3) is 0 Å². The summed E-state index contributed by atoms with van der Waals surface area (Å²) >= 11 is 0. The lowest BCUT2D eigenvalue weighted by Crippen LogP contribution is -2.13. The summed E-state index contributed by atoms with van der Waals surface area (Å²) in [7, 11) is 0.0870. The molecule has 1 heterocycles. The lowest BCUT2D eigenvalue weighted by Gasteiger charge is -2.23. The first-order valence-corrected chi connectivity index (χ1v) is 7.58. The number of rotatable bonds is 4. The standard InChI is InChI=1S/C18H15BN2O3/c20-12-8-10-13(11-9-12)23-19-24-17-7-3-6-16-18(17)21-14-4-1-2-5-15(14)22-16/h1-11,19,21H,20H2. The minimum Gasteiger partial charge on any atom is -0.529 e. The van der Waals surface area contributed by atoms with Crippen LogP contribution in [0.15, 0.2) is 66.7 Å².